The highest BCUT2D eigenvalue weighted by atomic mass is 15.1. The molecule has 0 aliphatic carbocycles. The molecule has 0 aliphatic rings. The summed E-state index contributed by atoms with van der Waals surface area (Å²) in [4.78, 5) is 2.41. The van der Waals surface area contributed by atoms with Crippen LogP contribution < -0.4 is 5.73 Å². The largest absolute Gasteiger partial charge is 0.329 e. The molecule has 0 saturated heterocycles. The van der Waals surface area contributed by atoms with Gasteiger partial charge in [-0.3, -0.25) is 4.90 Å². The lowest BCUT2D eigenvalue weighted by atomic mass is 9.87. The van der Waals surface area contributed by atoms with Crippen LogP contribution in [0, 0.1) is 0 Å². The first-order chi connectivity index (χ1) is 8.34. The van der Waals surface area contributed by atoms with Gasteiger partial charge < -0.3 is 5.73 Å². The third-order valence-corrected chi connectivity index (χ3v) is 3.35. The zero-order valence-corrected chi connectivity index (χ0v) is 12.5. The predicted octanol–water partition coefficient (Wildman–Crippen LogP) is 3.15. The van der Waals surface area contributed by atoms with Crippen molar-refractivity contribution in [2.24, 2.45) is 5.73 Å². The fourth-order valence-corrected chi connectivity index (χ4v) is 2.03. The highest BCUT2D eigenvalue weighted by molar-refractivity contribution is 5.27. The number of benzene rings is 1. The van der Waals surface area contributed by atoms with E-state index in [2.05, 4.69) is 63.8 Å². The average molecular weight is 248 g/mol. The van der Waals surface area contributed by atoms with Gasteiger partial charge in [-0.1, -0.05) is 45.0 Å². The van der Waals surface area contributed by atoms with Gasteiger partial charge in [0.25, 0.3) is 0 Å². The minimum atomic E-state index is 0.230. The molecule has 0 amide bonds. The van der Waals surface area contributed by atoms with Gasteiger partial charge in [-0.2, -0.15) is 0 Å². The van der Waals surface area contributed by atoms with Crippen LogP contribution in [-0.4, -0.2) is 24.0 Å². The van der Waals surface area contributed by atoms with Crippen LogP contribution in [0.1, 0.15) is 45.7 Å². The summed E-state index contributed by atoms with van der Waals surface area (Å²) in [7, 11) is 0. The first-order valence-corrected chi connectivity index (χ1v) is 6.88. The Morgan fingerprint density at radius 3 is 2.06 bits per heavy atom. The van der Waals surface area contributed by atoms with Gasteiger partial charge in [0, 0.05) is 25.7 Å². The summed E-state index contributed by atoms with van der Waals surface area (Å²) < 4.78 is 0. The van der Waals surface area contributed by atoms with Crippen molar-refractivity contribution in [3.05, 3.63) is 35.4 Å². The number of rotatable bonds is 5. The summed E-state index contributed by atoms with van der Waals surface area (Å²) in [5.74, 6) is 0. The van der Waals surface area contributed by atoms with Crippen molar-refractivity contribution < 1.29 is 0 Å². The lowest BCUT2D eigenvalue weighted by molar-refractivity contribution is 0.219. The van der Waals surface area contributed by atoms with Gasteiger partial charge in [0.1, 0.15) is 0 Å². The van der Waals surface area contributed by atoms with Crippen molar-refractivity contribution >= 4 is 0 Å². The number of nitrogens with two attached hydrogens (primary N) is 1. The SMILES string of the molecule is CC(C)N(CCN)Cc1ccc(C(C)(C)C)cc1. The van der Waals surface area contributed by atoms with E-state index >= 15 is 0 Å². The first-order valence-electron chi connectivity index (χ1n) is 6.88. The normalized spacial score (nSPS) is 12.4. The Labute approximate surface area is 112 Å². The molecule has 0 spiro atoms. The van der Waals surface area contributed by atoms with E-state index in [0.717, 1.165) is 19.6 Å². The third kappa shape index (κ3) is 4.43. The van der Waals surface area contributed by atoms with Crippen LogP contribution in [0.5, 0.6) is 0 Å². The second-order valence-corrected chi connectivity index (χ2v) is 6.30. The van der Waals surface area contributed by atoms with E-state index < -0.39 is 0 Å². The molecule has 0 radical (unpaired) electrons. The molecule has 1 rings (SSSR count). The lowest BCUT2D eigenvalue weighted by Gasteiger charge is -2.26. The van der Waals surface area contributed by atoms with Gasteiger partial charge in [-0.25, -0.2) is 0 Å². The van der Waals surface area contributed by atoms with Gasteiger partial charge in [0.2, 0.25) is 0 Å². The molecule has 0 aliphatic heterocycles. The van der Waals surface area contributed by atoms with Gasteiger partial charge in [-0.05, 0) is 30.4 Å². The van der Waals surface area contributed by atoms with E-state index in [9.17, 15) is 0 Å². The zero-order valence-electron chi connectivity index (χ0n) is 12.5. The number of nitrogens with zero attached hydrogens (tertiary/aromatic N) is 1. The summed E-state index contributed by atoms with van der Waals surface area (Å²) in [5.41, 5.74) is 8.65. The molecular weight excluding hydrogens is 220 g/mol. The molecule has 0 fully saturated rings. The van der Waals surface area contributed by atoms with Gasteiger partial charge in [0.05, 0.1) is 0 Å². The van der Waals surface area contributed by atoms with E-state index in [-0.39, 0.29) is 5.41 Å². The van der Waals surface area contributed by atoms with Gasteiger partial charge in [-0.15, -0.1) is 0 Å². The summed E-state index contributed by atoms with van der Waals surface area (Å²) in [6.07, 6.45) is 0. The van der Waals surface area contributed by atoms with Crippen LogP contribution in [0.15, 0.2) is 24.3 Å². The van der Waals surface area contributed by atoms with Crippen LogP contribution in [0.25, 0.3) is 0 Å². The van der Waals surface area contributed by atoms with E-state index in [1.165, 1.54) is 11.1 Å². The maximum Gasteiger partial charge on any atom is 0.0236 e. The molecule has 0 heterocycles. The smallest absolute Gasteiger partial charge is 0.0236 e. The molecule has 2 nitrogen and oxygen atoms in total. The molecule has 0 atom stereocenters. The highest BCUT2D eigenvalue weighted by Gasteiger charge is 2.14. The lowest BCUT2D eigenvalue weighted by Crippen LogP contribution is -2.34. The summed E-state index contributed by atoms with van der Waals surface area (Å²) in [6.45, 7) is 13.8. The third-order valence-electron chi connectivity index (χ3n) is 3.35. The van der Waals surface area contributed by atoms with Gasteiger partial charge in [0.15, 0.2) is 0 Å². The predicted molar refractivity (Wildman–Crippen MR) is 79.7 cm³/mol. The van der Waals surface area contributed by atoms with Crippen LogP contribution in [-0.2, 0) is 12.0 Å². The van der Waals surface area contributed by atoms with E-state index in [0.29, 0.717) is 6.04 Å². The maximum absolute atomic E-state index is 5.66. The van der Waals surface area contributed by atoms with Crippen molar-refractivity contribution in [2.45, 2.75) is 52.6 Å². The van der Waals surface area contributed by atoms with Crippen molar-refractivity contribution in [2.75, 3.05) is 13.1 Å². The molecule has 2 heteroatoms. The van der Waals surface area contributed by atoms with Crippen molar-refractivity contribution in [3.8, 4) is 0 Å². The first kappa shape index (κ1) is 15.2. The Morgan fingerprint density at radius 2 is 1.67 bits per heavy atom. The maximum atomic E-state index is 5.66. The molecule has 1 aromatic rings. The Balaban J connectivity index is 2.73. The van der Waals surface area contributed by atoms with Crippen molar-refractivity contribution in [1.29, 1.82) is 0 Å². The summed E-state index contributed by atoms with van der Waals surface area (Å²) in [6, 6.07) is 9.52. The molecule has 0 bridgehead atoms. The summed E-state index contributed by atoms with van der Waals surface area (Å²) in [5, 5.41) is 0. The molecule has 102 valence electrons. The molecule has 0 aromatic heterocycles. The zero-order chi connectivity index (χ0) is 13.8. The Bertz CT molecular complexity index is 346. The van der Waals surface area contributed by atoms with Crippen molar-refractivity contribution in [3.63, 3.8) is 0 Å². The topological polar surface area (TPSA) is 29.3 Å². The fourth-order valence-electron chi connectivity index (χ4n) is 2.03. The minimum absolute atomic E-state index is 0.230. The summed E-state index contributed by atoms with van der Waals surface area (Å²) >= 11 is 0. The fraction of sp³-hybridized carbons (Fsp3) is 0.625. The van der Waals surface area contributed by atoms with Crippen LogP contribution in [0.3, 0.4) is 0 Å². The molecule has 1 aromatic carbocycles. The second-order valence-electron chi connectivity index (χ2n) is 6.30. The number of hydrogen-bond acceptors (Lipinski definition) is 2. The molecular formula is C16H28N2. The molecule has 0 unspecified atom stereocenters. The quantitative estimate of drug-likeness (QED) is 0.867. The van der Waals surface area contributed by atoms with Gasteiger partial charge >= 0.3 is 0 Å². The van der Waals surface area contributed by atoms with E-state index in [1.807, 2.05) is 0 Å². The standard InChI is InChI=1S/C16H28N2/c1-13(2)18(11-10-17)12-14-6-8-15(9-7-14)16(3,4)5/h6-9,13H,10-12,17H2,1-5H3. The van der Waals surface area contributed by atoms with Crippen LogP contribution in [0.4, 0.5) is 0 Å². The molecule has 2 N–H and O–H groups in total. The minimum Gasteiger partial charge on any atom is -0.329 e. The van der Waals surface area contributed by atoms with Crippen LogP contribution in [0.2, 0.25) is 0 Å². The van der Waals surface area contributed by atoms with Crippen molar-refractivity contribution in [1.82, 2.24) is 4.90 Å². The van der Waals surface area contributed by atoms with Crippen LogP contribution >= 0.6 is 0 Å². The molecule has 18 heavy (non-hydrogen) atoms. The second kappa shape index (κ2) is 6.35. The highest BCUT2D eigenvalue weighted by Crippen LogP contribution is 2.22. The Morgan fingerprint density at radius 1 is 1.11 bits per heavy atom. The molecule has 0 saturated carbocycles. The van der Waals surface area contributed by atoms with E-state index in [4.69, 9.17) is 5.73 Å². The number of hydrogen-bond donors (Lipinski definition) is 1. The average Bonchev–Trinajstić information content (AvgIpc) is 2.28. The Hall–Kier alpha value is -0.860. The monoisotopic (exact) mass is 248 g/mol. The Kier molecular flexibility index (Phi) is 5.36. The van der Waals surface area contributed by atoms with E-state index in [1.54, 1.807) is 0 Å².